The first-order valence-electron chi connectivity index (χ1n) is 5.95. The molecule has 0 aliphatic heterocycles. The Hall–Kier alpha value is -1.61. The van der Waals surface area contributed by atoms with E-state index in [0.29, 0.717) is 6.54 Å². The number of aryl methyl sites for hydroxylation is 1. The molecule has 1 aliphatic rings. The van der Waals surface area contributed by atoms with Gasteiger partial charge in [-0.3, -0.25) is 4.79 Å². The third-order valence-electron chi connectivity index (χ3n) is 3.35. The van der Waals surface area contributed by atoms with Gasteiger partial charge < -0.3 is 11.1 Å². The monoisotopic (exact) mass is 230 g/mol. The molecule has 0 saturated carbocycles. The van der Waals surface area contributed by atoms with E-state index in [0.717, 1.165) is 18.4 Å². The molecular formula is C14H18N2O. The van der Waals surface area contributed by atoms with Crippen LogP contribution in [-0.4, -0.2) is 18.5 Å². The van der Waals surface area contributed by atoms with Crippen LogP contribution in [0.25, 0.3) is 0 Å². The van der Waals surface area contributed by atoms with Crippen molar-refractivity contribution in [3.05, 3.63) is 48.0 Å². The Balaban J connectivity index is 2.29. The van der Waals surface area contributed by atoms with E-state index in [2.05, 4.69) is 18.0 Å². The Kier molecular flexibility index (Phi) is 3.59. The highest BCUT2D eigenvalue weighted by molar-refractivity contribution is 5.83. The number of amides is 1. The summed E-state index contributed by atoms with van der Waals surface area (Å²) in [6.45, 7) is 4.39. The number of fused-ring (bicyclic) bond motifs is 1. The van der Waals surface area contributed by atoms with Crippen molar-refractivity contribution < 1.29 is 4.79 Å². The molecule has 3 N–H and O–H groups in total. The van der Waals surface area contributed by atoms with Crippen LogP contribution < -0.4 is 11.1 Å². The minimum Gasteiger partial charge on any atom is -0.369 e. The van der Waals surface area contributed by atoms with Gasteiger partial charge in [-0.05, 0) is 24.0 Å². The van der Waals surface area contributed by atoms with Gasteiger partial charge in [0.1, 0.15) is 0 Å². The summed E-state index contributed by atoms with van der Waals surface area (Å²) < 4.78 is 0. The number of benzene rings is 1. The zero-order valence-electron chi connectivity index (χ0n) is 9.86. The van der Waals surface area contributed by atoms with Crippen molar-refractivity contribution in [2.45, 2.75) is 24.8 Å². The Morgan fingerprint density at radius 2 is 2.29 bits per heavy atom. The summed E-state index contributed by atoms with van der Waals surface area (Å²) in [7, 11) is 0. The molecule has 0 saturated heterocycles. The van der Waals surface area contributed by atoms with Gasteiger partial charge in [0.15, 0.2) is 0 Å². The van der Waals surface area contributed by atoms with Crippen molar-refractivity contribution in [3.8, 4) is 0 Å². The van der Waals surface area contributed by atoms with Crippen molar-refractivity contribution >= 4 is 5.91 Å². The van der Waals surface area contributed by atoms with E-state index < -0.39 is 0 Å². The lowest BCUT2D eigenvalue weighted by Gasteiger charge is -2.32. The first-order chi connectivity index (χ1) is 8.24. The molecule has 0 radical (unpaired) electrons. The Morgan fingerprint density at radius 3 is 3.00 bits per heavy atom. The van der Waals surface area contributed by atoms with Crippen molar-refractivity contribution in [3.63, 3.8) is 0 Å². The third-order valence-corrected chi connectivity index (χ3v) is 3.35. The van der Waals surface area contributed by atoms with Crippen LogP contribution in [0.3, 0.4) is 0 Å². The van der Waals surface area contributed by atoms with Crippen LogP contribution in [0.15, 0.2) is 36.9 Å². The molecule has 1 aromatic rings. The van der Waals surface area contributed by atoms with Gasteiger partial charge in [0.25, 0.3) is 0 Å². The molecule has 1 amide bonds. The molecule has 0 heterocycles. The van der Waals surface area contributed by atoms with Crippen molar-refractivity contribution in [1.82, 2.24) is 5.32 Å². The summed E-state index contributed by atoms with van der Waals surface area (Å²) in [5.41, 5.74) is 7.86. The van der Waals surface area contributed by atoms with E-state index in [1.165, 1.54) is 5.56 Å². The highest BCUT2D eigenvalue weighted by Gasteiger charge is 2.32. The first-order valence-corrected chi connectivity index (χ1v) is 5.95. The Bertz CT molecular complexity index is 428. The fourth-order valence-corrected chi connectivity index (χ4v) is 2.57. The molecule has 1 aromatic carbocycles. The van der Waals surface area contributed by atoms with Crippen LogP contribution in [0.1, 0.15) is 23.5 Å². The molecule has 2 unspecified atom stereocenters. The maximum atomic E-state index is 11.6. The normalized spacial score (nSPS) is 22.8. The summed E-state index contributed by atoms with van der Waals surface area (Å²) >= 11 is 0. The lowest BCUT2D eigenvalue weighted by Crippen LogP contribution is -2.44. The number of carbonyl (C=O) groups is 1. The van der Waals surface area contributed by atoms with Gasteiger partial charge in [0.05, 0.1) is 5.92 Å². The predicted molar refractivity (Wildman–Crippen MR) is 68.7 cm³/mol. The van der Waals surface area contributed by atoms with Crippen molar-refractivity contribution in [1.29, 1.82) is 0 Å². The lowest BCUT2D eigenvalue weighted by atomic mass is 9.79. The third kappa shape index (κ3) is 2.39. The number of hydrogen-bond acceptors (Lipinski definition) is 2. The van der Waals surface area contributed by atoms with Gasteiger partial charge in [-0.2, -0.15) is 0 Å². The summed E-state index contributed by atoms with van der Waals surface area (Å²) in [4.78, 5) is 11.6. The molecule has 2 atom stereocenters. The van der Waals surface area contributed by atoms with Crippen molar-refractivity contribution in [2.75, 3.05) is 6.54 Å². The highest BCUT2D eigenvalue weighted by Crippen LogP contribution is 2.31. The molecule has 0 aromatic heterocycles. The molecule has 2 rings (SSSR count). The number of nitrogens with one attached hydrogen (secondary N) is 1. The van der Waals surface area contributed by atoms with E-state index >= 15 is 0 Å². The first kappa shape index (κ1) is 11.9. The maximum absolute atomic E-state index is 11.6. The number of primary amides is 1. The topological polar surface area (TPSA) is 55.1 Å². The zero-order valence-corrected chi connectivity index (χ0v) is 9.86. The average Bonchev–Trinajstić information content (AvgIpc) is 2.35. The number of carbonyl (C=O) groups excluding carboxylic acids is 1. The minimum absolute atomic E-state index is 0.125. The second-order valence-corrected chi connectivity index (χ2v) is 4.42. The highest BCUT2D eigenvalue weighted by atomic mass is 16.1. The summed E-state index contributed by atoms with van der Waals surface area (Å²) in [6.07, 6.45) is 3.74. The smallest absolute Gasteiger partial charge is 0.226 e. The molecular weight excluding hydrogens is 212 g/mol. The van der Waals surface area contributed by atoms with Gasteiger partial charge in [-0.25, -0.2) is 0 Å². The van der Waals surface area contributed by atoms with Gasteiger partial charge >= 0.3 is 0 Å². The molecule has 90 valence electrons. The summed E-state index contributed by atoms with van der Waals surface area (Å²) in [5.74, 6) is -0.474. The maximum Gasteiger partial charge on any atom is 0.226 e. The lowest BCUT2D eigenvalue weighted by molar-refractivity contribution is -0.120. The van der Waals surface area contributed by atoms with Gasteiger partial charge in [0.2, 0.25) is 5.91 Å². The van der Waals surface area contributed by atoms with Crippen LogP contribution in [0.5, 0.6) is 0 Å². The predicted octanol–water partition coefficient (Wildman–Crippen LogP) is 1.35. The van der Waals surface area contributed by atoms with E-state index in [9.17, 15) is 4.79 Å². The van der Waals surface area contributed by atoms with E-state index in [-0.39, 0.29) is 17.9 Å². The van der Waals surface area contributed by atoms with Crippen LogP contribution in [0.4, 0.5) is 0 Å². The fraction of sp³-hybridized carbons (Fsp3) is 0.357. The van der Waals surface area contributed by atoms with Crippen LogP contribution in [0.2, 0.25) is 0 Å². The van der Waals surface area contributed by atoms with Crippen LogP contribution in [0, 0.1) is 0 Å². The largest absolute Gasteiger partial charge is 0.369 e. The van der Waals surface area contributed by atoms with Crippen LogP contribution in [-0.2, 0) is 11.2 Å². The Labute approximate surface area is 102 Å². The molecule has 0 fully saturated rings. The second kappa shape index (κ2) is 5.15. The van der Waals surface area contributed by atoms with E-state index in [1.54, 1.807) is 6.08 Å². The number of hydrogen-bond donors (Lipinski definition) is 2. The molecule has 3 heteroatoms. The van der Waals surface area contributed by atoms with Gasteiger partial charge in [-0.1, -0.05) is 30.3 Å². The zero-order chi connectivity index (χ0) is 12.3. The molecule has 17 heavy (non-hydrogen) atoms. The minimum atomic E-state index is -0.251. The molecule has 1 aliphatic carbocycles. The van der Waals surface area contributed by atoms with E-state index in [4.69, 9.17) is 5.73 Å². The average molecular weight is 230 g/mol. The molecule has 0 spiro atoms. The SMILES string of the molecule is C=CCNC1CCc2ccccc2C1C(N)=O. The quantitative estimate of drug-likeness (QED) is 0.767. The Morgan fingerprint density at radius 1 is 1.53 bits per heavy atom. The van der Waals surface area contributed by atoms with E-state index in [1.807, 2.05) is 18.2 Å². The van der Waals surface area contributed by atoms with Gasteiger partial charge in [-0.15, -0.1) is 6.58 Å². The number of nitrogens with two attached hydrogens (primary N) is 1. The second-order valence-electron chi connectivity index (χ2n) is 4.42. The molecule has 0 bridgehead atoms. The molecule has 3 nitrogen and oxygen atoms in total. The summed E-state index contributed by atoms with van der Waals surface area (Å²) in [6, 6.07) is 8.18. The van der Waals surface area contributed by atoms with Crippen LogP contribution >= 0.6 is 0 Å². The van der Waals surface area contributed by atoms with Gasteiger partial charge in [0, 0.05) is 12.6 Å². The summed E-state index contributed by atoms with van der Waals surface area (Å²) in [5, 5.41) is 3.32. The number of rotatable bonds is 4. The standard InChI is InChI=1S/C14H18N2O/c1-2-9-16-12-8-7-10-5-3-4-6-11(10)13(12)14(15)17/h2-6,12-13,16H,1,7-9H2,(H2,15,17). The fourth-order valence-electron chi connectivity index (χ4n) is 2.57. The van der Waals surface area contributed by atoms with Crippen molar-refractivity contribution in [2.24, 2.45) is 5.73 Å².